The number of rotatable bonds is 4. The molecule has 0 spiro atoms. The molecular weight excluding hydrogens is 334 g/mol. The molecule has 1 aromatic carbocycles. The van der Waals surface area contributed by atoms with Crippen LogP contribution in [0.15, 0.2) is 54.3 Å². The number of sulfonamides is 1. The van der Waals surface area contributed by atoms with Crippen molar-refractivity contribution in [3.8, 4) is 17.3 Å². The van der Waals surface area contributed by atoms with E-state index in [1.165, 1.54) is 35.7 Å². The zero-order valence-corrected chi connectivity index (χ0v) is 13.0. The van der Waals surface area contributed by atoms with Crippen LogP contribution in [0.1, 0.15) is 0 Å². The maximum Gasteiger partial charge on any atom is 0.279 e. The zero-order chi connectivity index (χ0) is 16.6. The van der Waals surface area contributed by atoms with E-state index < -0.39 is 10.0 Å². The predicted octanol–water partition coefficient (Wildman–Crippen LogP) is 1.19. The summed E-state index contributed by atoms with van der Waals surface area (Å²) in [5.74, 6) is 1.40. The summed E-state index contributed by atoms with van der Waals surface area (Å²) in [6.45, 7) is 0.116. The van der Waals surface area contributed by atoms with Gasteiger partial charge in [-0.15, -0.1) is 0 Å². The molecule has 1 aliphatic heterocycles. The Morgan fingerprint density at radius 1 is 1.08 bits per heavy atom. The summed E-state index contributed by atoms with van der Waals surface area (Å²) in [5.41, 5.74) is 0.353. The third-order valence-corrected chi connectivity index (χ3v) is 4.66. The Bertz CT molecular complexity index is 987. The lowest BCUT2D eigenvalue weighted by Gasteiger charge is -2.10. The summed E-state index contributed by atoms with van der Waals surface area (Å²) >= 11 is 0. The molecule has 24 heavy (non-hydrogen) atoms. The van der Waals surface area contributed by atoms with Gasteiger partial charge in [-0.1, -0.05) is 0 Å². The average molecular weight is 345 g/mol. The molecule has 0 unspecified atom stereocenters. The quantitative estimate of drug-likeness (QED) is 0.756. The molecule has 4 rings (SSSR count). The Morgan fingerprint density at radius 3 is 2.79 bits per heavy atom. The number of fused-ring (bicyclic) bond motifs is 1. The van der Waals surface area contributed by atoms with E-state index in [4.69, 9.17) is 9.47 Å². The Kier molecular flexibility index (Phi) is 3.31. The van der Waals surface area contributed by atoms with Gasteiger partial charge in [-0.25, -0.2) is 9.97 Å². The van der Waals surface area contributed by atoms with Gasteiger partial charge in [0.15, 0.2) is 22.3 Å². The van der Waals surface area contributed by atoms with Crippen LogP contribution in [0.2, 0.25) is 0 Å². The molecule has 1 N–H and O–H groups in total. The van der Waals surface area contributed by atoms with E-state index in [2.05, 4.69) is 19.7 Å². The number of nitrogens with zero attached hydrogens (tertiary/aromatic N) is 4. The van der Waals surface area contributed by atoms with Gasteiger partial charge >= 0.3 is 0 Å². The zero-order valence-electron chi connectivity index (χ0n) is 12.2. The van der Waals surface area contributed by atoms with Crippen molar-refractivity contribution < 1.29 is 17.9 Å². The monoisotopic (exact) mass is 345 g/mol. The van der Waals surface area contributed by atoms with Crippen molar-refractivity contribution in [1.82, 2.24) is 19.5 Å². The van der Waals surface area contributed by atoms with Crippen molar-refractivity contribution in [2.75, 3.05) is 11.5 Å². The van der Waals surface area contributed by atoms with Gasteiger partial charge in [-0.05, 0) is 12.1 Å². The van der Waals surface area contributed by atoms with Gasteiger partial charge in [0.05, 0.1) is 18.1 Å². The van der Waals surface area contributed by atoms with Crippen LogP contribution in [0.25, 0.3) is 5.82 Å². The number of nitrogens with one attached hydrogen (secondary N) is 1. The first-order valence-corrected chi connectivity index (χ1v) is 8.33. The molecule has 2 aromatic heterocycles. The summed E-state index contributed by atoms with van der Waals surface area (Å²) in [6.07, 6.45) is 7.01. The summed E-state index contributed by atoms with van der Waals surface area (Å²) in [6, 6.07) is 4.79. The van der Waals surface area contributed by atoms with Crippen LogP contribution in [0.4, 0.5) is 5.69 Å². The van der Waals surface area contributed by atoms with E-state index in [0.717, 1.165) is 0 Å². The highest BCUT2D eigenvalue weighted by atomic mass is 32.2. The Balaban J connectivity index is 1.68. The summed E-state index contributed by atoms with van der Waals surface area (Å²) in [7, 11) is -3.88. The lowest BCUT2D eigenvalue weighted by molar-refractivity contribution is 0.174. The molecule has 0 saturated heterocycles. The maximum atomic E-state index is 12.7. The molecule has 0 aliphatic carbocycles. The van der Waals surface area contributed by atoms with Gasteiger partial charge in [0.25, 0.3) is 10.0 Å². The van der Waals surface area contributed by atoms with E-state index in [-0.39, 0.29) is 11.8 Å². The minimum Gasteiger partial charge on any atom is -0.454 e. The second-order valence-corrected chi connectivity index (χ2v) is 6.47. The summed E-state index contributed by atoms with van der Waals surface area (Å²) in [4.78, 5) is 11.9. The van der Waals surface area contributed by atoms with E-state index in [1.54, 1.807) is 18.2 Å². The Hall–Kier alpha value is -3.14. The van der Waals surface area contributed by atoms with E-state index in [9.17, 15) is 8.42 Å². The lowest BCUT2D eigenvalue weighted by Crippen LogP contribution is -2.17. The highest BCUT2D eigenvalue weighted by Crippen LogP contribution is 2.34. The molecule has 0 radical (unpaired) electrons. The van der Waals surface area contributed by atoms with Crippen molar-refractivity contribution in [1.29, 1.82) is 0 Å². The number of hydrogen-bond donors (Lipinski definition) is 1. The SMILES string of the molecule is O=S(=O)(Nc1ccc2c(c1)OCO2)c1cncn1-c1cnccn1. The number of aromatic nitrogens is 4. The second kappa shape index (κ2) is 5.49. The van der Waals surface area contributed by atoms with Crippen molar-refractivity contribution in [3.63, 3.8) is 0 Å². The number of imidazole rings is 1. The molecule has 1 aliphatic rings. The molecule has 10 heteroatoms. The third-order valence-electron chi connectivity index (χ3n) is 3.30. The fraction of sp³-hybridized carbons (Fsp3) is 0.0714. The molecule has 0 atom stereocenters. The highest BCUT2D eigenvalue weighted by Gasteiger charge is 2.22. The van der Waals surface area contributed by atoms with Gasteiger partial charge in [0.1, 0.15) is 6.33 Å². The molecular formula is C14H11N5O4S. The van der Waals surface area contributed by atoms with Crippen LogP contribution >= 0.6 is 0 Å². The van der Waals surface area contributed by atoms with Gasteiger partial charge in [0.2, 0.25) is 6.79 Å². The van der Waals surface area contributed by atoms with Crippen molar-refractivity contribution in [2.24, 2.45) is 0 Å². The van der Waals surface area contributed by atoms with E-state index >= 15 is 0 Å². The Labute approximate surface area is 137 Å². The number of hydrogen-bond acceptors (Lipinski definition) is 7. The molecule has 0 amide bonds. The first-order chi connectivity index (χ1) is 11.6. The standard InChI is InChI=1S/C14H11N5O4S/c20-24(21,18-10-1-2-11-12(5-10)23-9-22-11)14-7-16-8-19(14)13-6-15-3-4-17-13/h1-8,18H,9H2. The highest BCUT2D eigenvalue weighted by molar-refractivity contribution is 7.92. The van der Waals surface area contributed by atoms with Crippen LogP contribution < -0.4 is 14.2 Å². The van der Waals surface area contributed by atoms with Crippen LogP contribution in [-0.2, 0) is 10.0 Å². The molecule has 9 nitrogen and oxygen atoms in total. The van der Waals surface area contributed by atoms with E-state index in [0.29, 0.717) is 23.0 Å². The number of ether oxygens (including phenoxy) is 2. The van der Waals surface area contributed by atoms with Crippen molar-refractivity contribution in [2.45, 2.75) is 5.03 Å². The fourth-order valence-electron chi connectivity index (χ4n) is 2.24. The molecule has 122 valence electrons. The summed E-state index contributed by atoms with van der Waals surface area (Å²) < 4.78 is 39.6. The average Bonchev–Trinajstić information content (AvgIpc) is 3.24. The minimum absolute atomic E-state index is 0.0549. The second-order valence-electron chi connectivity index (χ2n) is 4.84. The number of benzene rings is 1. The molecule has 3 heterocycles. The van der Waals surface area contributed by atoms with Gasteiger partial charge in [-0.2, -0.15) is 8.42 Å². The van der Waals surface area contributed by atoms with Gasteiger partial charge < -0.3 is 9.47 Å². The van der Waals surface area contributed by atoms with E-state index in [1.807, 2.05) is 0 Å². The van der Waals surface area contributed by atoms with Crippen LogP contribution in [0.3, 0.4) is 0 Å². The Morgan fingerprint density at radius 2 is 1.96 bits per heavy atom. The smallest absolute Gasteiger partial charge is 0.279 e. The third kappa shape index (κ3) is 2.52. The lowest BCUT2D eigenvalue weighted by atomic mass is 10.3. The van der Waals surface area contributed by atoms with Crippen LogP contribution in [0.5, 0.6) is 11.5 Å². The van der Waals surface area contributed by atoms with Crippen molar-refractivity contribution in [3.05, 3.63) is 49.3 Å². The number of anilines is 1. The largest absolute Gasteiger partial charge is 0.454 e. The first-order valence-electron chi connectivity index (χ1n) is 6.85. The topological polar surface area (TPSA) is 108 Å². The molecule has 0 saturated carbocycles. The van der Waals surface area contributed by atoms with Crippen molar-refractivity contribution >= 4 is 15.7 Å². The van der Waals surface area contributed by atoms with Crippen LogP contribution in [-0.4, -0.2) is 34.7 Å². The molecule has 3 aromatic rings. The van der Waals surface area contributed by atoms with Gasteiger partial charge in [-0.3, -0.25) is 14.3 Å². The summed E-state index contributed by atoms with van der Waals surface area (Å²) in [5, 5.41) is -0.0549. The molecule has 0 fully saturated rings. The maximum absolute atomic E-state index is 12.7. The first kappa shape index (κ1) is 14.5. The minimum atomic E-state index is -3.88. The predicted molar refractivity (Wildman–Crippen MR) is 82.5 cm³/mol. The van der Waals surface area contributed by atoms with Gasteiger partial charge in [0, 0.05) is 18.5 Å². The normalized spacial score (nSPS) is 13.0. The molecule has 0 bridgehead atoms. The fourth-order valence-corrected chi connectivity index (χ4v) is 3.38. The van der Waals surface area contributed by atoms with Crippen LogP contribution in [0, 0.1) is 0 Å².